The first-order valence-electron chi connectivity index (χ1n) is 5.49. The topological polar surface area (TPSA) is 75.4 Å². The van der Waals surface area contributed by atoms with Gasteiger partial charge in [-0.05, 0) is 31.5 Å². The zero-order valence-electron chi connectivity index (χ0n) is 10.2. The van der Waals surface area contributed by atoms with Crippen LogP contribution in [0.25, 0.3) is 0 Å². The maximum Gasteiger partial charge on any atom is 0.325 e. The van der Waals surface area contributed by atoms with Crippen LogP contribution in [0.5, 0.6) is 0 Å². The standard InChI is InChI=1S/C12H14ClN3O2/c1-12(2)10(17)16(11(18)15-12)6-7-3-4-8(14)5-9(7)13/h3-5H,6,14H2,1-2H3,(H,15,18). The third-order valence-corrected chi connectivity index (χ3v) is 3.20. The lowest BCUT2D eigenvalue weighted by Crippen LogP contribution is -2.40. The second kappa shape index (κ2) is 4.17. The number of rotatable bonds is 2. The van der Waals surface area contributed by atoms with E-state index in [1.54, 1.807) is 32.0 Å². The monoisotopic (exact) mass is 267 g/mol. The number of anilines is 1. The third-order valence-electron chi connectivity index (χ3n) is 2.85. The van der Waals surface area contributed by atoms with E-state index in [9.17, 15) is 9.59 Å². The first-order valence-corrected chi connectivity index (χ1v) is 5.87. The molecule has 96 valence electrons. The van der Waals surface area contributed by atoms with Gasteiger partial charge in [-0.3, -0.25) is 9.69 Å². The molecule has 3 N–H and O–H groups in total. The molecule has 0 spiro atoms. The highest BCUT2D eigenvalue weighted by Crippen LogP contribution is 2.24. The van der Waals surface area contributed by atoms with Crippen LogP contribution < -0.4 is 11.1 Å². The van der Waals surface area contributed by atoms with Crippen molar-refractivity contribution in [2.45, 2.75) is 25.9 Å². The van der Waals surface area contributed by atoms with Gasteiger partial charge < -0.3 is 11.1 Å². The smallest absolute Gasteiger partial charge is 0.325 e. The fraction of sp³-hybridized carbons (Fsp3) is 0.333. The van der Waals surface area contributed by atoms with E-state index in [2.05, 4.69) is 5.32 Å². The Morgan fingerprint density at radius 2 is 2.06 bits per heavy atom. The van der Waals surface area contributed by atoms with Gasteiger partial charge in [0.05, 0.1) is 6.54 Å². The predicted octanol–water partition coefficient (Wildman–Crippen LogP) is 1.75. The summed E-state index contributed by atoms with van der Waals surface area (Å²) in [5.41, 5.74) is 5.96. The Bertz CT molecular complexity index is 528. The number of nitrogens with two attached hydrogens (primary N) is 1. The highest BCUT2D eigenvalue weighted by Gasteiger charge is 2.44. The highest BCUT2D eigenvalue weighted by molar-refractivity contribution is 6.31. The molecule has 0 unspecified atom stereocenters. The average molecular weight is 268 g/mol. The summed E-state index contributed by atoms with van der Waals surface area (Å²) in [5.74, 6) is -0.264. The summed E-state index contributed by atoms with van der Waals surface area (Å²) in [6.07, 6.45) is 0. The maximum atomic E-state index is 12.0. The summed E-state index contributed by atoms with van der Waals surface area (Å²) in [7, 11) is 0. The molecule has 1 heterocycles. The largest absolute Gasteiger partial charge is 0.399 e. The number of halogens is 1. The summed E-state index contributed by atoms with van der Waals surface area (Å²) in [6, 6.07) is 4.59. The van der Waals surface area contributed by atoms with Crippen LogP contribution in [0.15, 0.2) is 18.2 Å². The molecule has 5 nitrogen and oxygen atoms in total. The molecule has 6 heteroatoms. The van der Waals surface area contributed by atoms with Gasteiger partial charge in [-0.15, -0.1) is 0 Å². The van der Waals surface area contributed by atoms with E-state index in [0.717, 1.165) is 4.90 Å². The van der Waals surface area contributed by atoms with Gasteiger partial charge in [0.15, 0.2) is 0 Å². The fourth-order valence-corrected chi connectivity index (χ4v) is 2.07. The van der Waals surface area contributed by atoms with Crippen molar-refractivity contribution in [1.82, 2.24) is 10.2 Å². The Morgan fingerprint density at radius 1 is 1.39 bits per heavy atom. The molecule has 1 aromatic rings. The van der Waals surface area contributed by atoms with Crippen LogP contribution in [0.1, 0.15) is 19.4 Å². The normalized spacial score (nSPS) is 18.1. The minimum Gasteiger partial charge on any atom is -0.399 e. The van der Waals surface area contributed by atoms with Gasteiger partial charge in [0.25, 0.3) is 5.91 Å². The van der Waals surface area contributed by atoms with Crippen molar-refractivity contribution in [2.24, 2.45) is 0 Å². The number of hydrogen-bond acceptors (Lipinski definition) is 3. The molecule has 1 aliphatic heterocycles. The molecule has 0 aliphatic carbocycles. The Balaban J connectivity index is 2.24. The van der Waals surface area contributed by atoms with Crippen LogP contribution in [-0.2, 0) is 11.3 Å². The van der Waals surface area contributed by atoms with Crippen LogP contribution in [0, 0.1) is 0 Å². The SMILES string of the molecule is CC1(C)NC(=O)N(Cc2ccc(N)cc2Cl)C1=O. The number of amides is 3. The molecule has 1 aromatic carbocycles. The number of nitrogen functional groups attached to an aromatic ring is 1. The molecule has 0 aromatic heterocycles. The number of carbonyl (C=O) groups is 2. The Kier molecular flexibility index (Phi) is 2.94. The zero-order chi connectivity index (χ0) is 13.5. The van der Waals surface area contributed by atoms with Gasteiger partial charge >= 0.3 is 6.03 Å². The molecular weight excluding hydrogens is 254 g/mol. The first-order chi connectivity index (χ1) is 8.31. The average Bonchev–Trinajstić information content (AvgIpc) is 2.44. The first kappa shape index (κ1) is 12.7. The lowest BCUT2D eigenvalue weighted by Gasteiger charge is -2.16. The fourth-order valence-electron chi connectivity index (χ4n) is 1.82. The maximum absolute atomic E-state index is 12.0. The number of imide groups is 1. The van der Waals surface area contributed by atoms with E-state index < -0.39 is 11.6 Å². The Hall–Kier alpha value is -1.75. The summed E-state index contributed by atoms with van der Waals surface area (Å²) >= 11 is 6.02. The second-order valence-corrected chi connectivity index (χ2v) is 5.20. The molecule has 2 rings (SSSR count). The number of urea groups is 1. The van der Waals surface area contributed by atoms with Gasteiger partial charge in [-0.2, -0.15) is 0 Å². The molecule has 1 saturated heterocycles. The van der Waals surface area contributed by atoms with Crippen LogP contribution in [-0.4, -0.2) is 22.4 Å². The van der Waals surface area contributed by atoms with E-state index >= 15 is 0 Å². The van der Waals surface area contributed by atoms with Gasteiger partial charge in [-0.25, -0.2) is 4.79 Å². The van der Waals surface area contributed by atoms with Crippen LogP contribution in [0.2, 0.25) is 5.02 Å². The van der Waals surface area contributed by atoms with E-state index in [-0.39, 0.29) is 12.5 Å². The summed E-state index contributed by atoms with van der Waals surface area (Å²) in [6.45, 7) is 3.48. The van der Waals surface area contributed by atoms with Gasteiger partial charge in [0.1, 0.15) is 5.54 Å². The Labute approximate surface area is 110 Å². The van der Waals surface area contributed by atoms with Crippen molar-refractivity contribution >= 4 is 29.2 Å². The van der Waals surface area contributed by atoms with Crippen molar-refractivity contribution < 1.29 is 9.59 Å². The van der Waals surface area contributed by atoms with E-state index in [4.69, 9.17) is 17.3 Å². The van der Waals surface area contributed by atoms with Crippen LogP contribution >= 0.6 is 11.6 Å². The van der Waals surface area contributed by atoms with Crippen molar-refractivity contribution in [1.29, 1.82) is 0 Å². The molecule has 18 heavy (non-hydrogen) atoms. The summed E-state index contributed by atoms with van der Waals surface area (Å²) in [4.78, 5) is 24.9. The predicted molar refractivity (Wildman–Crippen MR) is 69.0 cm³/mol. The molecule has 1 fully saturated rings. The van der Waals surface area contributed by atoms with Crippen LogP contribution in [0.4, 0.5) is 10.5 Å². The van der Waals surface area contributed by atoms with Crippen molar-refractivity contribution in [3.63, 3.8) is 0 Å². The number of benzene rings is 1. The van der Waals surface area contributed by atoms with Crippen molar-refractivity contribution in [3.8, 4) is 0 Å². The number of nitrogens with one attached hydrogen (secondary N) is 1. The van der Waals surface area contributed by atoms with E-state index in [1.165, 1.54) is 0 Å². The lowest BCUT2D eigenvalue weighted by molar-refractivity contribution is -0.130. The zero-order valence-corrected chi connectivity index (χ0v) is 10.9. The molecule has 0 radical (unpaired) electrons. The van der Waals surface area contributed by atoms with Crippen molar-refractivity contribution in [2.75, 3.05) is 5.73 Å². The lowest BCUT2D eigenvalue weighted by atomic mass is 10.1. The quantitative estimate of drug-likeness (QED) is 0.633. The number of hydrogen-bond donors (Lipinski definition) is 2. The molecule has 0 saturated carbocycles. The minimum absolute atomic E-state index is 0.146. The molecule has 0 atom stereocenters. The van der Waals surface area contributed by atoms with Gasteiger partial charge in [0.2, 0.25) is 0 Å². The van der Waals surface area contributed by atoms with Crippen LogP contribution in [0.3, 0.4) is 0 Å². The van der Waals surface area contributed by atoms with Crippen molar-refractivity contribution in [3.05, 3.63) is 28.8 Å². The molecule has 3 amide bonds. The second-order valence-electron chi connectivity index (χ2n) is 4.80. The Morgan fingerprint density at radius 3 is 2.56 bits per heavy atom. The molecule has 0 bridgehead atoms. The molecule has 1 aliphatic rings. The van der Waals surface area contributed by atoms with E-state index in [1.807, 2.05) is 0 Å². The van der Waals surface area contributed by atoms with Gasteiger partial charge in [-0.1, -0.05) is 17.7 Å². The van der Waals surface area contributed by atoms with Gasteiger partial charge in [0, 0.05) is 10.7 Å². The minimum atomic E-state index is -0.864. The number of nitrogens with zero attached hydrogens (tertiary/aromatic N) is 1. The third kappa shape index (κ3) is 2.13. The number of carbonyl (C=O) groups excluding carboxylic acids is 2. The highest BCUT2D eigenvalue weighted by atomic mass is 35.5. The summed E-state index contributed by atoms with van der Waals surface area (Å²) < 4.78 is 0. The summed E-state index contributed by atoms with van der Waals surface area (Å²) in [5, 5.41) is 3.06. The molecular formula is C12H14ClN3O2. The van der Waals surface area contributed by atoms with E-state index in [0.29, 0.717) is 16.3 Å².